The van der Waals surface area contributed by atoms with E-state index < -0.39 is 0 Å². The van der Waals surface area contributed by atoms with Crippen molar-refractivity contribution < 1.29 is 13.9 Å². The smallest absolute Gasteiger partial charge is 0.256 e. The number of H-pyrrole nitrogens is 1. The standard InChI is InChI=1S/C21H22FN3O2/c1-27-20-7-6-15(12-18(20)22)14-24-8-10-25(11-9-24)21(26)17-13-23-19-5-3-2-4-16(17)19/h2-7,12-13,23H,8-11,14H2,1H3. The monoisotopic (exact) mass is 367 g/mol. The molecule has 0 unspecified atom stereocenters. The third-order valence-electron chi connectivity index (χ3n) is 5.10. The molecule has 4 rings (SSSR count). The van der Waals surface area contributed by atoms with Crippen molar-refractivity contribution in [3.8, 4) is 5.75 Å². The van der Waals surface area contributed by atoms with E-state index in [1.54, 1.807) is 12.3 Å². The number of amides is 1. The third-order valence-corrected chi connectivity index (χ3v) is 5.10. The number of nitrogens with zero attached hydrogens (tertiary/aromatic N) is 2. The molecule has 1 amide bonds. The van der Waals surface area contributed by atoms with Crippen LogP contribution in [-0.2, 0) is 6.54 Å². The number of piperazine rings is 1. The van der Waals surface area contributed by atoms with Gasteiger partial charge in [0.05, 0.1) is 12.7 Å². The fourth-order valence-corrected chi connectivity index (χ4v) is 3.59. The largest absolute Gasteiger partial charge is 0.494 e. The van der Waals surface area contributed by atoms with Crippen LogP contribution in [-0.4, -0.2) is 54.0 Å². The minimum Gasteiger partial charge on any atom is -0.494 e. The Morgan fingerprint density at radius 3 is 2.67 bits per heavy atom. The highest BCUT2D eigenvalue weighted by atomic mass is 19.1. The molecule has 27 heavy (non-hydrogen) atoms. The number of carbonyl (C=O) groups is 1. The zero-order chi connectivity index (χ0) is 18.8. The summed E-state index contributed by atoms with van der Waals surface area (Å²) in [6.07, 6.45) is 1.79. The number of aromatic amines is 1. The first-order valence-electron chi connectivity index (χ1n) is 9.06. The number of hydrogen-bond acceptors (Lipinski definition) is 3. The lowest BCUT2D eigenvalue weighted by Crippen LogP contribution is -2.48. The number of para-hydroxylation sites is 1. The maximum Gasteiger partial charge on any atom is 0.256 e. The second-order valence-corrected chi connectivity index (χ2v) is 6.79. The Labute approximate surface area is 157 Å². The average Bonchev–Trinajstić information content (AvgIpc) is 3.12. The van der Waals surface area contributed by atoms with Gasteiger partial charge in [-0.25, -0.2) is 4.39 Å². The molecule has 2 heterocycles. The van der Waals surface area contributed by atoms with Gasteiger partial charge in [0.25, 0.3) is 5.91 Å². The number of aromatic nitrogens is 1. The van der Waals surface area contributed by atoms with E-state index in [1.165, 1.54) is 13.2 Å². The number of carbonyl (C=O) groups excluding carboxylic acids is 1. The lowest BCUT2D eigenvalue weighted by Gasteiger charge is -2.34. The molecular formula is C21H22FN3O2. The Morgan fingerprint density at radius 1 is 1.15 bits per heavy atom. The van der Waals surface area contributed by atoms with E-state index >= 15 is 0 Å². The van der Waals surface area contributed by atoms with Gasteiger partial charge in [0, 0.05) is 49.8 Å². The Kier molecular flexibility index (Phi) is 4.81. The van der Waals surface area contributed by atoms with E-state index in [0.717, 1.165) is 35.1 Å². The first-order valence-corrected chi connectivity index (χ1v) is 9.06. The molecule has 1 aliphatic rings. The summed E-state index contributed by atoms with van der Waals surface area (Å²) in [6, 6.07) is 12.9. The van der Waals surface area contributed by atoms with Crippen LogP contribution in [0.1, 0.15) is 15.9 Å². The predicted octanol–water partition coefficient (Wildman–Crippen LogP) is 3.27. The van der Waals surface area contributed by atoms with Gasteiger partial charge in [-0.05, 0) is 23.8 Å². The van der Waals surface area contributed by atoms with E-state index in [4.69, 9.17) is 4.74 Å². The highest BCUT2D eigenvalue weighted by Gasteiger charge is 2.24. The highest BCUT2D eigenvalue weighted by molar-refractivity contribution is 6.06. The quantitative estimate of drug-likeness (QED) is 0.770. The predicted molar refractivity (Wildman–Crippen MR) is 102 cm³/mol. The number of rotatable bonds is 4. The lowest BCUT2D eigenvalue weighted by molar-refractivity contribution is 0.0630. The molecule has 0 spiro atoms. The molecule has 6 heteroatoms. The molecule has 1 aromatic heterocycles. The summed E-state index contributed by atoms with van der Waals surface area (Å²) in [6.45, 7) is 3.52. The summed E-state index contributed by atoms with van der Waals surface area (Å²) in [5.41, 5.74) is 2.60. The van der Waals surface area contributed by atoms with Gasteiger partial charge in [-0.15, -0.1) is 0 Å². The van der Waals surface area contributed by atoms with Crippen LogP contribution in [0.5, 0.6) is 5.75 Å². The van der Waals surface area contributed by atoms with Gasteiger partial charge in [-0.3, -0.25) is 9.69 Å². The van der Waals surface area contributed by atoms with E-state index in [1.807, 2.05) is 35.2 Å². The number of nitrogens with one attached hydrogen (secondary N) is 1. The second-order valence-electron chi connectivity index (χ2n) is 6.79. The Morgan fingerprint density at radius 2 is 1.93 bits per heavy atom. The second kappa shape index (κ2) is 7.40. The summed E-state index contributed by atoms with van der Waals surface area (Å²) < 4.78 is 18.8. The summed E-state index contributed by atoms with van der Waals surface area (Å²) in [7, 11) is 1.46. The van der Waals surface area contributed by atoms with Crippen LogP contribution >= 0.6 is 0 Å². The van der Waals surface area contributed by atoms with Crippen molar-refractivity contribution in [2.45, 2.75) is 6.54 Å². The third kappa shape index (κ3) is 3.53. The van der Waals surface area contributed by atoms with Gasteiger partial charge in [-0.2, -0.15) is 0 Å². The topological polar surface area (TPSA) is 48.6 Å². The van der Waals surface area contributed by atoms with E-state index in [-0.39, 0.29) is 17.5 Å². The van der Waals surface area contributed by atoms with Gasteiger partial charge in [0.15, 0.2) is 11.6 Å². The number of methoxy groups -OCH3 is 1. The van der Waals surface area contributed by atoms with Gasteiger partial charge in [0.1, 0.15) is 0 Å². The van der Waals surface area contributed by atoms with Crippen molar-refractivity contribution in [3.63, 3.8) is 0 Å². The van der Waals surface area contributed by atoms with Crippen molar-refractivity contribution in [2.75, 3.05) is 33.3 Å². The van der Waals surface area contributed by atoms with Crippen molar-refractivity contribution in [1.82, 2.24) is 14.8 Å². The van der Waals surface area contributed by atoms with Crippen LogP contribution in [0.4, 0.5) is 4.39 Å². The van der Waals surface area contributed by atoms with Crippen molar-refractivity contribution in [2.24, 2.45) is 0 Å². The molecule has 0 saturated carbocycles. The molecule has 1 saturated heterocycles. The number of fused-ring (bicyclic) bond motifs is 1. The Bertz CT molecular complexity index is 961. The summed E-state index contributed by atoms with van der Waals surface area (Å²) >= 11 is 0. The zero-order valence-corrected chi connectivity index (χ0v) is 15.2. The molecular weight excluding hydrogens is 345 g/mol. The zero-order valence-electron chi connectivity index (χ0n) is 15.2. The molecule has 0 atom stereocenters. The van der Waals surface area contributed by atoms with E-state index in [0.29, 0.717) is 19.6 Å². The first kappa shape index (κ1) is 17.5. The molecule has 3 aromatic rings. The molecule has 0 bridgehead atoms. The normalized spacial score (nSPS) is 15.3. The molecule has 2 aromatic carbocycles. The molecule has 140 valence electrons. The lowest BCUT2D eigenvalue weighted by atomic mass is 10.1. The Balaban J connectivity index is 1.38. The van der Waals surface area contributed by atoms with Crippen LogP contribution in [0, 0.1) is 5.82 Å². The molecule has 5 nitrogen and oxygen atoms in total. The summed E-state index contributed by atoms with van der Waals surface area (Å²) in [5.74, 6) is -0.0290. The fourth-order valence-electron chi connectivity index (χ4n) is 3.59. The van der Waals surface area contributed by atoms with Gasteiger partial charge < -0.3 is 14.6 Å². The van der Waals surface area contributed by atoms with Crippen LogP contribution in [0.15, 0.2) is 48.7 Å². The fraction of sp³-hybridized carbons (Fsp3) is 0.286. The molecule has 1 N–H and O–H groups in total. The first-order chi connectivity index (χ1) is 13.2. The van der Waals surface area contributed by atoms with E-state index in [9.17, 15) is 9.18 Å². The van der Waals surface area contributed by atoms with Crippen LogP contribution in [0.25, 0.3) is 10.9 Å². The molecule has 1 aliphatic heterocycles. The number of hydrogen-bond donors (Lipinski definition) is 1. The van der Waals surface area contributed by atoms with Crippen LogP contribution < -0.4 is 4.74 Å². The van der Waals surface area contributed by atoms with Gasteiger partial charge in [0.2, 0.25) is 0 Å². The summed E-state index contributed by atoms with van der Waals surface area (Å²) in [4.78, 5) is 20.2. The van der Waals surface area contributed by atoms with Crippen molar-refractivity contribution in [1.29, 1.82) is 0 Å². The minimum absolute atomic E-state index is 0.0580. The van der Waals surface area contributed by atoms with Gasteiger partial charge >= 0.3 is 0 Å². The maximum absolute atomic E-state index is 13.9. The van der Waals surface area contributed by atoms with Gasteiger partial charge in [-0.1, -0.05) is 24.3 Å². The highest BCUT2D eigenvalue weighted by Crippen LogP contribution is 2.21. The average molecular weight is 367 g/mol. The molecule has 1 fully saturated rings. The number of ether oxygens (including phenoxy) is 1. The molecule has 0 aliphatic carbocycles. The number of benzene rings is 2. The SMILES string of the molecule is COc1ccc(CN2CCN(C(=O)c3c[nH]c4ccccc34)CC2)cc1F. The van der Waals surface area contributed by atoms with Crippen LogP contribution in [0.3, 0.4) is 0 Å². The van der Waals surface area contributed by atoms with Crippen LogP contribution in [0.2, 0.25) is 0 Å². The van der Waals surface area contributed by atoms with E-state index in [2.05, 4.69) is 9.88 Å². The number of halogens is 1. The minimum atomic E-state index is -0.344. The van der Waals surface area contributed by atoms with Crippen molar-refractivity contribution in [3.05, 3.63) is 65.6 Å². The molecule has 0 radical (unpaired) electrons. The maximum atomic E-state index is 13.9. The van der Waals surface area contributed by atoms with Crippen molar-refractivity contribution >= 4 is 16.8 Å². The summed E-state index contributed by atoms with van der Waals surface area (Å²) in [5, 5.41) is 0.957. The Hall–Kier alpha value is -2.86.